The van der Waals surface area contributed by atoms with Crippen molar-refractivity contribution in [3.63, 3.8) is 0 Å². The number of hydrogen-bond acceptors (Lipinski definition) is 3. The first-order valence-electron chi connectivity index (χ1n) is 9.47. The fourth-order valence-corrected chi connectivity index (χ4v) is 3.72. The van der Waals surface area contributed by atoms with Gasteiger partial charge in [-0.25, -0.2) is 0 Å². The van der Waals surface area contributed by atoms with Crippen molar-refractivity contribution >= 4 is 5.97 Å². The minimum Gasteiger partial charge on any atom is -0.481 e. The first-order chi connectivity index (χ1) is 11.7. The average Bonchev–Trinajstić information content (AvgIpc) is 3.03. The van der Waals surface area contributed by atoms with Crippen molar-refractivity contribution in [3.05, 3.63) is 24.3 Å². The maximum atomic E-state index is 10.5. The summed E-state index contributed by atoms with van der Waals surface area (Å²) in [6.07, 6.45) is 16.9. The van der Waals surface area contributed by atoms with Crippen LogP contribution >= 0.6 is 0 Å². The van der Waals surface area contributed by atoms with Gasteiger partial charge >= 0.3 is 5.97 Å². The van der Waals surface area contributed by atoms with Crippen LogP contribution in [0, 0.1) is 17.8 Å². The molecule has 0 amide bonds. The van der Waals surface area contributed by atoms with E-state index in [2.05, 4.69) is 18.2 Å². The van der Waals surface area contributed by atoms with Crippen molar-refractivity contribution < 1.29 is 19.7 Å². The van der Waals surface area contributed by atoms with E-state index >= 15 is 0 Å². The Kier molecular flexibility index (Phi) is 8.54. The molecular weight excluding hydrogens is 304 g/mol. The Hall–Kier alpha value is -1.13. The van der Waals surface area contributed by atoms with Gasteiger partial charge in [0.05, 0.1) is 19.3 Å². The Morgan fingerprint density at radius 3 is 2.71 bits per heavy atom. The van der Waals surface area contributed by atoms with Gasteiger partial charge < -0.3 is 14.9 Å². The summed E-state index contributed by atoms with van der Waals surface area (Å²) in [6.45, 7) is 1.51. The van der Waals surface area contributed by atoms with E-state index in [1.807, 2.05) is 6.08 Å². The Morgan fingerprint density at radius 1 is 1.17 bits per heavy atom. The molecule has 1 aliphatic carbocycles. The number of unbranched alkanes of at least 4 members (excludes halogenated alkanes) is 1. The molecule has 4 nitrogen and oxygen atoms in total. The summed E-state index contributed by atoms with van der Waals surface area (Å²) in [5.41, 5.74) is 0. The van der Waals surface area contributed by atoms with E-state index in [4.69, 9.17) is 9.84 Å². The molecule has 1 unspecified atom stereocenters. The molecule has 1 saturated heterocycles. The summed E-state index contributed by atoms with van der Waals surface area (Å²) in [6, 6.07) is 0. The lowest BCUT2D eigenvalue weighted by molar-refractivity contribution is -0.137. The highest BCUT2D eigenvalue weighted by Gasteiger charge is 2.26. The smallest absolute Gasteiger partial charge is 0.303 e. The SMILES string of the molecule is O=C(O)CCCC=CC[C@H]1COC[C@H]1C=CC(O)C1CCCCC1. The van der Waals surface area contributed by atoms with Gasteiger partial charge in [-0.3, -0.25) is 4.79 Å². The van der Waals surface area contributed by atoms with Crippen LogP contribution < -0.4 is 0 Å². The van der Waals surface area contributed by atoms with Crippen LogP contribution in [0.25, 0.3) is 0 Å². The molecule has 2 aliphatic rings. The van der Waals surface area contributed by atoms with Gasteiger partial charge in [-0.05, 0) is 43.9 Å². The Balaban J connectivity index is 1.70. The molecular formula is C20H32O4. The summed E-state index contributed by atoms with van der Waals surface area (Å²) in [4.78, 5) is 10.5. The standard InChI is InChI=1S/C20H32O4/c21-19(16-8-5-3-6-9-16)13-12-18-15-24-14-17(18)10-4-1-2-7-11-20(22)23/h1,4,12-13,16-19,21H,2-3,5-11,14-15H2,(H,22,23)/t17-,18+,19?/m0/s1. The van der Waals surface area contributed by atoms with Gasteiger partial charge in [0.2, 0.25) is 0 Å². The minimum absolute atomic E-state index is 0.237. The molecule has 1 aliphatic heterocycles. The van der Waals surface area contributed by atoms with E-state index in [1.54, 1.807) is 0 Å². The van der Waals surface area contributed by atoms with Crippen molar-refractivity contribution in [2.75, 3.05) is 13.2 Å². The van der Waals surface area contributed by atoms with E-state index < -0.39 is 5.97 Å². The Morgan fingerprint density at radius 2 is 1.96 bits per heavy atom. The molecule has 2 fully saturated rings. The summed E-state index contributed by atoms with van der Waals surface area (Å²) >= 11 is 0. The second kappa shape index (κ2) is 10.7. The molecule has 24 heavy (non-hydrogen) atoms. The number of carboxylic acids is 1. The zero-order valence-corrected chi connectivity index (χ0v) is 14.6. The van der Waals surface area contributed by atoms with Crippen LogP contribution in [0.4, 0.5) is 0 Å². The fourth-order valence-electron chi connectivity index (χ4n) is 3.72. The lowest BCUT2D eigenvalue weighted by Crippen LogP contribution is -2.21. The van der Waals surface area contributed by atoms with Crippen LogP contribution in [0.5, 0.6) is 0 Å². The topological polar surface area (TPSA) is 66.8 Å². The maximum absolute atomic E-state index is 10.5. The normalized spacial score (nSPS) is 27.2. The first-order valence-corrected chi connectivity index (χ1v) is 9.47. The van der Waals surface area contributed by atoms with Crippen LogP contribution in [-0.2, 0) is 9.53 Å². The summed E-state index contributed by atoms with van der Waals surface area (Å²) < 4.78 is 5.61. The quantitative estimate of drug-likeness (QED) is 0.494. The second-order valence-electron chi connectivity index (χ2n) is 7.23. The zero-order chi connectivity index (χ0) is 17.2. The molecule has 3 atom stereocenters. The third kappa shape index (κ3) is 6.78. The zero-order valence-electron chi connectivity index (χ0n) is 14.6. The number of ether oxygens (including phenoxy) is 1. The van der Waals surface area contributed by atoms with Gasteiger partial charge in [-0.15, -0.1) is 0 Å². The monoisotopic (exact) mass is 336 g/mol. The van der Waals surface area contributed by atoms with Gasteiger partial charge in [0, 0.05) is 12.3 Å². The van der Waals surface area contributed by atoms with Crippen molar-refractivity contribution in [1.82, 2.24) is 0 Å². The van der Waals surface area contributed by atoms with Gasteiger partial charge in [-0.1, -0.05) is 43.6 Å². The molecule has 136 valence electrons. The van der Waals surface area contributed by atoms with Gasteiger partial charge in [-0.2, -0.15) is 0 Å². The van der Waals surface area contributed by atoms with Crippen LogP contribution in [0.15, 0.2) is 24.3 Å². The third-order valence-corrected chi connectivity index (χ3v) is 5.30. The number of carbonyl (C=O) groups is 1. The summed E-state index contributed by atoms with van der Waals surface area (Å²) in [5, 5.41) is 19.0. The highest BCUT2D eigenvalue weighted by atomic mass is 16.5. The summed E-state index contributed by atoms with van der Waals surface area (Å²) in [7, 11) is 0. The van der Waals surface area contributed by atoms with Gasteiger partial charge in [0.25, 0.3) is 0 Å². The fraction of sp³-hybridized carbons (Fsp3) is 0.750. The molecule has 0 aromatic carbocycles. The predicted molar refractivity (Wildman–Crippen MR) is 94.8 cm³/mol. The molecule has 0 radical (unpaired) electrons. The van der Waals surface area contributed by atoms with E-state index in [0.717, 1.165) is 38.9 Å². The third-order valence-electron chi connectivity index (χ3n) is 5.30. The van der Waals surface area contributed by atoms with E-state index in [9.17, 15) is 9.90 Å². The molecule has 0 aromatic heterocycles. The minimum atomic E-state index is -0.727. The first kappa shape index (κ1) is 19.2. The molecule has 0 aromatic rings. The Bertz CT molecular complexity index is 423. The second-order valence-corrected chi connectivity index (χ2v) is 7.23. The lowest BCUT2D eigenvalue weighted by Gasteiger charge is -2.25. The average molecular weight is 336 g/mol. The number of aliphatic carboxylic acids is 1. The molecule has 2 rings (SSSR count). The largest absolute Gasteiger partial charge is 0.481 e. The number of aliphatic hydroxyl groups is 1. The molecule has 1 heterocycles. The van der Waals surface area contributed by atoms with E-state index in [0.29, 0.717) is 24.2 Å². The van der Waals surface area contributed by atoms with Gasteiger partial charge in [0.1, 0.15) is 0 Å². The highest BCUT2D eigenvalue weighted by molar-refractivity contribution is 5.66. The summed E-state index contributed by atoms with van der Waals surface area (Å²) in [5.74, 6) is 0.557. The molecule has 0 bridgehead atoms. The maximum Gasteiger partial charge on any atom is 0.303 e. The predicted octanol–water partition coefficient (Wildman–Crippen LogP) is 3.95. The number of hydrogen-bond donors (Lipinski definition) is 2. The van der Waals surface area contributed by atoms with Crippen LogP contribution in [0.3, 0.4) is 0 Å². The molecule has 0 spiro atoms. The van der Waals surface area contributed by atoms with E-state index in [-0.39, 0.29) is 12.5 Å². The van der Waals surface area contributed by atoms with Crippen molar-refractivity contribution in [2.24, 2.45) is 17.8 Å². The number of carboxylic acid groups (broad SMARTS) is 1. The Labute approximate surface area is 145 Å². The highest BCUT2D eigenvalue weighted by Crippen LogP contribution is 2.29. The molecule has 2 N–H and O–H groups in total. The van der Waals surface area contributed by atoms with Crippen molar-refractivity contribution in [3.8, 4) is 0 Å². The number of aliphatic hydroxyl groups excluding tert-OH is 1. The van der Waals surface area contributed by atoms with Crippen molar-refractivity contribution in [1.29, 1.82) is 0 Å². The lowest BCUT2D eigenvalue weighted by atomic mass is 9.84. The molecule has 4 heteroatoms. The van der Waals surface area contributed by atoms with Crippen molar-refractivity contribution in [2.45, 2.75) is 63.9 Å². The van der Waals surface area contributed by atoms with E-state index in [1.165, 1.54) is 19.3 Å². The molecule has 1 saturated carbocycles. The number of allylic oxidation sites excluding steroid dienone is 2. The number of rotatable bonds is 9. The van der Waals surface area contributed by atoms with Crippen LogP contribution in [0.1, 0.15) is 57.8 Å². The van der Waals surface area contributed by atoms with Crippen LogP contribution in [0.2, 0.25) is 0 Å². The van der Waals surface area contributed by atoms with Crippen LogP contribution in [-0.4, -0.2) is 35.5 Å². The van der Waals surface area contributed by atoms with Gasteiger partial charge in [0.15, 0.2) is 0 Å².